The van der Waals surface area contributed by atoms with E-state index >= 15 is 0 Å². The van der Waals surface area contributed by atoms with Gasteiger partial charge in [0.25, 0.3) is 0 Å². The third-order valence-electron chi connectivity index (χ3n) is 7.93. The quantitative estimate of drug-likeness (QED) is 0.413. The first-order valence-corrected chi connectivity index (χ1v) is 11.1. The summed E-state index contributed by atoms with van der Waals surface area (Å²) in [6.07, 6.45) is 4.23. The van der Waals surface area contributed by atoms with Gasteiger partial charge in [-0.1, -0.05) is 32.1 Å². The van der Waals surface area contributed by atoms with E-state index in [-0.39, 0.29) is 36.1 Å². The first kappa shape index (κ1) is 22.4. The molecule has 0 aromatic heterocycles. The number of carbonyl (C=O) groups is 3. The summed E-state index contributed by atoms with van der Waals surface area (Å²) in [6, 6.07) is 0. The zero-order valence-electron chi connectivity index (χ0n) is 18.7. The molecule has 0 aromatic rings. The highest BCUT2D eigenvalue weighted by Crippen LogP contribution is 2.60. The van der Waals surface area contributed by atoms with E-state index in [1.807, 2.05) is 32.1 Å². The molecule has 7 heteroatoms. The molecule has 1 spiro atoms. The Balaban J connectivity index is 1.88. The standard InChI is InChI=1S/C24H32O7/c1-11-8-12(2)24-15(9-18(29-5)23(28)30-21(11)14(4)26)6-7-16-19(24)20(27)13(3)17(10-25)22(16)31-24/h6-8,10-11,13-19,21-22,26H,9H2,1-5H3/b12-8+/t11-,13?,14-,15-,16-,17+,18+,19+,21+,22-,24+/m1/s1. The Morgan fingerprint density at radius 3 is 2.61 bits per heavy atom. The van der Waals surface area contributed by atoms with Gasteiger partial charge in [0.1, 0.15) is 23.8 Å². The van der Waals surface area contributed by atoms with Gasteiger partial charge in [0, 0.05) is 30.8 Å². The van der Waals surface area contributed by atoms with Crippen molar-refractivity contribution >= 4 is 18.0 Å². The van der Waals surface area contributed by atoms with Crippen LogP contribution in [0.5, 0.6) is 0 Å². The summed E-state index contributed by atoms with van der Waals surface area (Å²) < 4.78 is 17.8. The first-order valence-electron chi connectivity index (χ1n) is 11.1. The lowest BCUT2D eigenvalue weighted by atomic mass is 9.57. The lowest BCUT2D eigenvalue weighted by Crippen LogP contribution is -2.54. The summed E-state index contributed by atoms with van der Waals surface area (Å²) in [4.78, 5) is 38.3. The predicted octanol–water partition coefficient (Wildman–Crippen LogP) is 1.87. The number of rotatable bonds is 3. The number of carbonyl (C=O) groups excluding carboxylic acids is 3. The van der Waals surface area contributed by atoms with Crippen molar-refractivity contribution in [2.75, 3.05) is 7.11 Å². The van der Waals surface area contributed by atoms with Gasteiger partial charge in [-0.15, -0.1) is 0 Å². The van der Waals surface area contributed by atoms with Crippen molar-refractivity contribution in [1.29, 1.82) is 0 Å². The molecule has 4 bridgehead atoms. The van der Waals surface area contributed by atoms with Crippen LogP contribution in [0.2, 0.25) is 0 Å². The van der Waals surface area contributed by atoms with Gasteiger partial charge in [0.15, 0.2) is 6.10 Å². The minimum atomic E-state index is -0.945. The smallest absolute Gasteiger partial charge is 0.335 e. The molecule has 7 nitrogen and oxygen atoms in total. The van der Waals surface area contributed by atoms with Crippen molar-refractivity contribution in [1.82, 2.24) is 0 Å². The summed E-state index contributed by atoms with van der Waals surface area (Å²) in [5.74, 6) is -2.59. The van der Waals surface area contributed by atoms with Gasteiger partial charge in [-0.2, -0.15) is 0 Å². The number of Topliss-reactive ketones (excluding diaryl/α,β-unsaturated/α-hetero) is 1. The van der Waals surface area contributed by atoms with Gasteiger partial charge in [0.05, 0.1) is 24.0 Å². The van der Waals surface area contributed by atoms with Crippen molar-refractivity contribution in [3.63, 3.8) is 0 Å². The van der Waals surface area contributed by atoms with Gasteiger partial charge in [0.2, 0.25) is 0 Å². The number of methoxy groups -OCH3 is 1. The van der Waals surface area contributed by atoms with Crippen molar-refractivity contribution < 1.29 is 33.7 Å². The molecule has 0 radical (unpaired) electrons. The Labute approximate surface area is 182 Å². The molecule has 1 saturated carbocycles. The van der Waals surface area contributed by atoms with E-state index in [2.05, 4.69) is 0 Å². The number of hydrogen-bond donors (Lipinski definition) is 1. The van der Waals surface area contributed by atoms with Crippen LogP contribution in [0.15, 0.2) is 23.8 Å². The number of esters is 1. The monoisotopic (exact) mass is 432 g/mol. The SMILES string of the molecule is CO[C@H]1C[C@H]2C=C[C@H]3[C@H]4O[C@]2(/C(C)=C/[C@@H](C)[C@@H]([C@@H](C)O)OC1=O)[C@@H]3C(=O)C(C)[C@@H]4C=O. The minimum Gasteiger partial charge on any atom is -0.457 e. The second kappa shape index (κ2) is 7.94. The van der Waals surface area contributed by atoms with Crippen molar-refractivity contribution in [3.8, 4) is 0 Å². The van der Waals surface area contributed by atoms with Gasteiger partial charge >= 0.3 is 5.97 Å². The highest BCUT2D eigenvalue weighted by atomic mass is 16.6. The molecule has 2 fully saturated rings. The number of cyclic esters (lactones) is 1. The van der Waals surface area contributed by atoms with Crippen molar-refractivity contribution in [2.24, 2.45) is 35.5 Å². The summed E-state index contributed by atoms with van der Waals surface area (Å²) in [5.41, 5.74) is -0.0728. The molecular formula is C24H32O7. The fourth-order valence-corrected chi connectivity index (χ4v) is 6.36. The Kier molecular flexibility index (Phi) is 5.73. The van der Waals surface area contributed by atoms with Gasteiger partial charge in [-0.05, 0) is 25.8 Å². The topological polar surface area (TPSA) is 99.1 Å². The molecule has 4 rings (SSSR count). The molecule has 170 valence electrons. The van der Waals surface area contributed by atoms with Crippen LogP contribution in [0.4, 0.5) is 0 Å². The van der Waals surface area contributed by atoms with E-state index < -0.39 is 47.6 Å². The molecule has 4 aliphatic rings. The number of aliphatic hydroxyl groups is 1. The number of aldehydes is 1. The fourth-order valence-electron chi connectivity index (χ4n) is 6.36. The van der Waals surface area contributed by atoms with Gasteiger partial charge < -0.3 is 24.1 Å². The second-order valence-corrected chi connectivity index (χ2v) is 9.64. The molecule has 2 heterocycles. The highest BCUT2D eigenvalue weighted by Gasteiger charge is 2.68. The Morgan fingerprint density at radius 2 is 2.00 bits per heavy atom. The third kappa shape index (κ3) is 3.16. The minimum absolute atomic E-state index is 0.0336. The van der Waals surface area contributed by atoms with E-state index in [0.717, 1.165) is 11.9 Å². The van der Waals surface area contributed by atoms with Gasteiger partial charge in [-0.3, -0.25) is 4.79 Å². The van der Waals surface area contributed by atoms with Crippen LogP contribution in [-0.2, 0) is 28.6 Å². The molecule has 2 aliphatic heterocycles. The van der Waals surface area contributed by atoms with Crippen LogP contribution in [-0.4, -0.2) is 60.3 Å². The zero-order chi connectivity index (χ0) is 22.7. The molecule has 1 unspecified atom stereocenters. The van der Waals surface area contributed by atoms with Crippen molar-refractivity contribution in [2.45, 2.75) is 64.1 Å². The van der Waals surface area contributed by atoms with Crippen LogP contribution in [0, 0.1) is 35.5 Å². The number of ether oxygens (including phenoxy) is 3. The Morgan fingerprint density at radius 1 is 1.29 bits per heavy atom. The largest absolute Gasteiger partial charge is 0.457 e. The van der Waals surface area contributed by atoms with E-state index in [1.165, 1.54) is 7.11 Å². The molecule has 11 atom stereocenters. The number of hydrogen-bond acceptors (Lipinski definition) is 7. The lowest BCUT2D eigenvalue weighted by molar-refractivity contribution is -0.171. The average molecular weight is 433 g/mol. The maximum atomic E-state index is 13.5. The Hall–Kier alpha value is -1.83. The summed E-state index contributed by atoms with van der Waals surface area (Å²) in [6.45, 7) is 7.21. The summed E-state index contributed by atoms with van der Waals surface area (Å²) >= 11 is 0. The van der Waals surface area contributed by atoms with E-state index in [4.69, 9.17) is 14.2 Å². The lowest BCUT2D eigenvalue weighted by Gasteiger charge is -2.45. The average Bonchev–Trinajstić information content (AvgIpc) is 2.91. The first-order chi connectivity index (χ1) is 14.7. The predicted molar refractivity (Wildman–Crippen MR) is 111 cm³/mol. The molecule has 0 aromatic carbocycles. The molecule has 1 N–H and O–H groups in total. The van der Waals surface area contributed by atoms with Crippen LogP contribution in [0.25, 0.3) is 0 Å². The maximum absolute atomic E-state index is 13.5. The normalized spacial score (nSPS) is 49.5. The molecule has 31 heavy (non-hydrogen) atoms. The fraction of sp³-hybridized carbons (Fsp3) is 0.708. The number of ketones is 1. The molecule has 1 saturated heterocycles. The summed E-state index contributed by atoms with van der Waals surface area (Å²) in [7, 11) is 1.45. The third-order valence-corrected chi connectivity index (χ3v) is 7.93. The van der Waals surface area contributed by atoms with Crippen LogP contribution < -0.4 is 0 Å². The molecular weight excluding hydrogens is 400 g/mol. The van der Waals surface area contributed by atoms with E-state index in [1.54, 1.807) is 13.8 Å². The van der Waals surface area contributed by atoms with E-state index in [0.29, 0.717) is 0 Å². The van der Waals surface area contributed by atoms with Crippen LogP contribution in [0.3, 0.4) is 0 Å². The number of aliphatic hydroxyl groups excluding tert-OH is 1. The molecule has 0 amide bonds. The van der Waals surface area contributed by atoms with Crippen LogP contribution >= 0.6 is 0 Å². The maximum Gasteiger partial charge on any atom is 0.335 e. The van der Waals surface area contributed by atoms with Crippen LogP contribution in [0.1, 0.15) is 34.1 Å². The second-order valence-electron chi connectivity index (χ2n) is 9.64. The van der Waals surface area contributed by atoms with Crippen molar-refractivity contribution in [3.05, 3.63) is 23.8 Å². The zero-order valence-corrected chi connectivity index (χ0v) is 18.7. The van der Waals surface area contributed by atoms with Gasteiger partial charge in [-0.25, -0.2) is 4.79 Å². The Bertz CT molecular complexity index is 830. The molecule has 2 aliphatic carbocycles. The van der Waals surface area contributed by atoms with E-state index in [9.17, 15) is 19.5 Å². The summed E-state index contributed by atoms with van der Waals surface area (Å²) in [5, 5.41) is 10.3. The highest BCUT2D eigenvalue weighted by molar-refractivity contribution is 5.90.